The summed E-state index contributed by atoms with van der Waals surface area (Å²) in [6, 6.07) is 17.1. The number of fused-ring (bicyclic) bond motifs is 1. The third kappa shape index (κ3) is 3.54. The molecule has 0 radical (unpaired) electrons. The van der Waals surface area contributed by atoms with E-state index in [2.05, 4.69) is 5.16 Å². The Bertz CT molecular complexity index is 1040. The van der Waals surface area contributed by atoms with E-state index < -0.39 is 0 Å². The number of para-hydroxylation sites is 1. The Hall–Kier alpha value is -3.19. The van der Waals surface area contributed by atoms with Crippen molar-refractivity contribution in [3.63, 3.8) is 0 Å². The molecular weight excluding hydrogens is 362 g/mol. The first-order valence-corrected chi connectivity index (χ1v) is 9.36. The molecule has 0 spiro atoms. The first-order chi connectivity index (χ1) is 13.3. The van der Waals surface area contributed by atoms with Crippen LogP contribution in [-0.2, 0) is 6.54 Å². The molecule has 2 heterocycles. The number of aromatic nitrogens is 2. The molecule has 0 fully saturated rings. The van der Waals surface area contributed by atoms with Crippen molar-refractivity contribution in [2.75, 3.05) is 11.5 Å². The average molecular weight is 379 g/mol. The third-order valence-electron chi connectivity index (χ3n) is 3.98. The predicted molar refractivity (Wildman–Crippen MR) is 104 cm³/mol. The molecule has 0 saturated carbocycles. The second-order valence-corrected chi connectivity index (χ2v) is 6.80. The van der Waals surface area contributed by atoms with Crippen LogP contribution in [0.3, 0.4) is 0 Å². The van der Waals surface area contributed by atoms with Gasteiger partial charge in [-0.05, 0) is 24.6 Å². The number of rotatable bonds is 6. The van der Waals surface area contributed by atoms with E-state index in [1.165, 1.54) is 17.5 Å². The molecule has 0 saturated heterocycles. The summed E-state index contributed by atoms with van der Waals surface area (Å²) in [6.07, 6.45) is 1.46. The fraction of sp³-hybridized carbons (Fsp3) is 0.150. The number of thiazole rings is 1. The van der Waals surface area contributed by atoms with Gasteiger partial charge >= 0.3 is 0 Å². The maximum absolute atomic E-state index is 13.0. The highest BCUT2D eigenvalue weighted by atomic mass is 32.1. The van der Waals surface area contributed by atoms with Gasteiger partial charge in [-0.25, -0.2) is 4.98 Å². The summed E-state index contributed by atoms with van der Waals surface area (Å²) in [5, 5.41) is 4.23. The Labute approximate surface area is 160 Å². The molecular formula is C20H17N3O3S. The lowest BCUT2D eigenvalue weighted by atomic mass is 10.2. The molecule has 4 aromatic rings. The number of hydrogen-bond acceptors (Lipinski definition) is 6. The number of amides is 1. The normalized spacial score (nSPS) is 10.9. The van der Waals surface area contributed by atoms with Gasteiger partial charge in [0.15, 0.2) is 5.13 Å². The van der Waals surface area contributed by atoms with E-state index in [9.17, 15) is 4.79 Å². The highest BCUT2D eigenvalue weighted by molar-refractivity contribution is 7.22. The third-order valence-corrected chi connectivity index (χ3v) is 5.02. The fourth-order valence-electron chi connectivity index (χ4n) is 2.75. The summed E-state index contributed by atoms with van der Waals surface area (Å²) in [5.74, 6) is 0.605. The van der Waals surface area contributed by atoms with Crippen molar-refractivity contribution in [2.45, 2.75) is 13.5 Å². The van der Waals surface area contributed by atoms with Gasteiger partial charge in [-0.2, -0.15) is 0 Å². The Kier molecular flexibility index (Phi) is 4.84. The number of benzene rings is 2. The summed E-state index contributed by atoms with van der Waals surface area (Å²) in [7, 11) is 0. The van der Waals surface area contributed by atoms with Gasteiger partial charge < -0.3 is 9.26 Å². The number of ether oxygens (including phenoxy) is 1. The van der Waals surface area contributed by atoms with Crippen molar-refractivity contribution in [1.29, 1.82) is 0 Å². The van der Waals surface area contributed by atoms with Gasteiger partial charge in [0, 0.05) is 6.07 Å². The second kappa shape index (κ2) is 7.59. The SMILES string of the molecule is CCOc1cccc2sc(N(Cc3ccccc3)C(=O)c3ccno3)nc12. The molecule has 0 atom stereocenters. The fourth-order valence-corrected chi connectivity index (χ4v) is 3.73. The van der Waals surface area contributed by atoms with E-state index >= 15 is 0 Å². The highest BCUT2D eigenvalue weighted by Crippen LogP contribution is 2.35. The van der Waals surface area contributed by atoms with Gasteiger partial charge in [-0.1, -0.05) is 52.9 Å². The highest BCUT2D eigenvalue weighted by Gasteiger charge is 2.25. The summed E-state index contributed by atoms with van der Waals surface area (Å²) < 4.78 is 11.7. The average Bonchev–Trinajstić information content (AvgIpc) is 3.37. The van der Waals surface area contributed by atoms with Crippen LogP contribution in [0.25, 0.3) is 10.2 Å². The van der Waals surface area contributed by atoms with Crippen LogP contribution < -0.4 is 9.64 Å². The number of anilines is 1. The molecule has 0 unspecified atom stereocenters. The number of hydrogen-bond donors (Lipinski definition) is 0. The summed E-state index contributed by atoms with van der Waals surface area (Å²) in [4.78, 5) is 19.3. The lowest BCUT2D eigenvalue weighted by Gasteiger charge is -2.18. The minimum absolute atomic E-state index is 0.176. The van der Waals surface area contributed by atoms with Gasteiger partial charge in [0.1, 0.15) is 11.3 Å². The Morgan fingerprint density at radius 3 is 2.74 bits per heavy atom. The van der Waals surface area contributed by atoms with E-state index in [1.807, 2.05) is 55.5 Å². The largest absolute Gasteiger partial charge is 0.492 e. The molecule has 4 rings (SSSR count). The molecule has 6 nitrogen and oxygen atoms in total. The molecule has 0 N–H and O–H groups in total. The maximum atomic E-state index is 13.0. The van der Waals surface area contributed by atoms with Crippen LogP contribution in [0, 0.1) is 0 Å². The minimum Gasteiger partial charge on any atom is -0.492 e. The minimum atomic E-state index is -0.284. The molecule has 27 heavy (non-hydrogen) atoms. The first kappa shape index (κ1) is 17.2. The Morgan fingerprint density at radius 1 is 1.15 bits per heavy atom. The van der Waals surface area contributed by atoms with E-state index in [-0.39, 0.29) is 11.7 Å². The number of nitrogens with zero attached hydrogens (tertiary/aromatic N) is 3. The maximum Gasteiger partial charge on any atom is 0.298 e. The molecule has 7 heteroatoms. The molecule has 0 aliphatic heterocycles. The lowest BCUT2D eigenvalue weighted by Crippen LogP contribution is -2.30. The first-order valence-electron chi connectivity index (χ1n) is 8.55. The molecule has 0 bridgehead atoms. The van der Waals surface area contributed by atoms with Gasteiger partial charge in [0.25, 0.3) is 5.91 Å². The van der Waals surface area contributed by atoms with Crippen LogP contribution in [0.2, 0.25) is 0 Å². The zero-order valence-electron chi connectivity index (χ0n) is 14.7. The van der Waals surface area contributed by atoms with E-state index in [0.29, 0.717) is 24.0 Å². The number of carbonyl (C=O) groups is 1. The smallest absolute Gasteiger partial charge is 0.298 e. The van der Waals surface area contributed by atoms with E-state index in [4.69, 9.17) is 14.2 Å². The quantitative estimate of drug-likeness (QED) is 0.492. The molecule has 2 aromatic heterocycles. The van der Waals surface area contributed by atoms with E-state index in [1.54, 1.807) is 11.0 Å². The van der Waals surface area contributed by atoms with Crippen LogP contribution in [0.1, 0.15) is 23.0 Å². The van der Waals surface area contributed by atoms with Gasteiger partial charge in [0.2, 0.25) is 5.76 Å². The summed E-state index contributed by atoms with van der Waals surface area (Å²) in [6.45, 7) is 2.86. The van der Waals surface area contributed by atoms with Crippen LogP contribution in [-0.4, -0.2) is 22.7 Å². The van der Waals surface area contributed by atoms with Crippen LogP contribution in [0.15, 0.2) is 65.3 Å². The van der Waals surface area contributed by atoms with E-state index in [0.717, 1.165) is 15.8 Å². The van der Waals surface area contributed by atoms with Crippen molar-refractivity contribution < 1.29 is 14.1 Å². The topological polar surface area (TPSA) is 68.5 Å². The second-order valence-electron chi connectivity index (χ2n) is 5.79. The number of carbonyl (C=O) groups excluding carboxylic acids is 1. The monoisotopic (exact) mass is 379 g/mol. The van der Waals surface area contributed by atoms with Crippen LogP contribution >= 0.6 is 11.3 Å². The van der Waals surface area contributed by atoms with Gasteiger partial charge in [-0.3, -0.25) is 9.69 Å². The standard InChI is InChI=1S/C20H17N3O3S/c1-2-25-15-9-6-10-17-18(15)22-20(27-17)23(13-14-7-4-3-5-8-14)19(24)16-11-12-21-26-16/h3-12H,2,13H2,1H3. The molecule has 136 valence electrons. The van der Waals surface area contributed by atoms with Crippen molar-refractivity contribution in [2.24, 2.45) is 0 Å². The molecule has 0 aliphatic rings. The molecule has 0 aliphatic carbocycles. The van der Waals surface area contributed by atoms with Crippen LogP contribution in [0.4, 0.5) is 5.13 Å². The lowest BCUT2D eigenvalue weighted by molar-refractivity contribution is 0.0949. The summed E-state index contributed by atoms with van der Waals surface area (Å²) >= 11 is 1.44. The van der Waals surface area contributed by atoms with Gasteiger partial charge in [0.05, 0.1) is 24.0 Å². The van der Waals surface area contributed by atoms with Crippen molar-refractivity contribution in [3.05, 3.63) is 72.1 Å². The predicted octanol–water partition coefficient (Wildman–Crippen LogP) is 4.53. The molecule has 1 amide bonds. The van der Waals surface area contributed by atoms with Crippen molar-refractivity contribution in [1.82, 2.24) is 10.1 Å². The van der Waals surface area contributed by atoms with Crippen molar-refractivity contribution in [3.8, 4) is 5.75 Å². The Balaban J connectivity index is 1.77. The zero-order valence-corrected chi connectivity index (χ0v) is 15.5. The molecule has 2 aromatic carbocycles. The zero-order chi connectivity index (χ0) is 18.6. The Morgan fingerprint density at radius 2 is 2.00 bits per heavy atom. The van der Waals surface area contributed by atoms with Crippen LogP contribution in [0.5, 0.6) is 5.75 Å². The van der Waals surface area contributed by atoms with Crippen molar-refractivity contribution >= 4 is 32.6 Å². The van der Waals surface area contributed by atoms with Gasteiger partial charge in [-0.15, -0.1) is 0 Å². The summed E-state index contributed by atoms with van der Waals surface area (Å²) in [5.41, 5.74) is 1.75.